The van der Waals surface area contributed by atoms with Crippen LogP contribution < -0.4 is 5.32 Å². The van der Waals surface area contributed by atoms with Crippen molar-refractivity contribution in [3.05, 3.63) is 0 Å². The van der Waals surface area contributed by atoms with Crippen molar-refractivity contribution in [2.24, 2.45) is 17.3 Å². The minimum atomic E-state index is 0.438. The van der Waals surface area contributed by atoms with E-state index in [1.165, 1.54) is 38.8 Å². The first-order chi connectivity index (χ1) is 8.45. The average molecular weight is 254 g/mol. The lowest BCUT2D eigenvalue weighted by Crippen LogP contribution is -2.42. The van der Waals surface area contributed by atoms with Crippen molar-refractivity contribution < 1.29 is 0 Å². The van der Waals surface area contributed by atoms with Gasteiger partial charge in [0.05, 0.1) is 0 Å². The van der Waals surface area contributed by atoms with Crippen LogP contribution in [0.3, 0.4) is 0 Å². The van der Waals surface area contributed by atoms with Gasteiger partial charge in [-0.05, 0) is 50.1 Å². The topological polar surface area (TPSA) is 15.3 Å². The van der Waals surface area contributed by atoms with Gasteiger partial charge in [-0.2, -0.15) is 0 Å². The van der Waals surface area contributed by atoms with Crippen LogP contribution in [-0.4, -0.2) is 38.1 Å². The van der Waals surface area contributed by atoms with E-state index in [4.69, 9.17) is 0 Å². The third-order valence-electron chi connectivity index (χ3n) is 3.88. The summed E-state index contributed by atoms with van der Waals surface area (Å²) >= 11 is 0. The van der Waals surface area contributed by atoms with Gasteiger partial charge in [0.15, 0.2) is 0 Å². The molecule has 1 N–H and O–H groups in total. The van der Waals surface area contributed by atoms with Crippen LogP contribution >= 0.6 is 0 Å². The highest BCUT2D eigenvalue weighted by Gasteiger charge is 2.28. The predicted molar refractivity (Wildman–Crippen MR) is 80.9 cm³/mol. The minimum absolute atomic E-state index is 0.438. The maximum absolute atomic E-state index is 3.66. The molecule has 2 heteroatoms. The first-order valence-corrected chi connectivity index (χ1v) is 7.84. The lowest BCUT2D eigenvalue weighted by molar-refractivity contribution is 0.167. The predicted octanol–water partition coefficient (Wildman–Crippen LogP) is 3.38. The average Bonchev–Trinajstić information content (AvgIpc) is 3.00. The first-order valence-electron chi connectivity index (χ1n) is 7.84. The Morgan fingerprint density at radius 3 is 2.50 bits per heavy atom. The molecule has 1 aliphatic rings. The highest BCUT2D eigenvalue weighted by atomic mass is 15.1. The van der Waals surface area contributed by atoms with Crippen LogP contribution in [0.2, 0.25) is 0 Å². The zero-order chi connectivity index (χ0) is 13.6. The fourth-order valence-corrected chi connectivity index (χ4v) is 2.95. The molecule has 0 amide bonds. The molecule has 0 heterocycles. The molecule has 1 saturated carbocycles. The van der Waals surface area contributed by atoms with Gasteiger partial charge in [0.1, 0.15) is 0 Å². The molecule has 2 nitrogen and oxygen atoms in total. The van der Waals surface area contributed by atoms with E-state index >= 15 is 0 Å². The van der Waals surface area contributed by atoms with E-state index < -0.39 is 0 Å². The van der Waals surface area contributed by atoms with Gasteiger partial charge in [-0.15, -0.1) is 0 Å². The van der Waals surface area contributed by atoms with Crippen LogP contribution in [0, 0.1) is 17.3 Å². The van der Waals surface area contributed by atoms with Crippen molar-refractivity contribution in [3.8, 4) is 0 Å². The second kappa shape index (κ2) is 7.49. The molecule has 0 aliphatic heterocycles. The normalized spacial score (nSPS) is 19.5. The summed E-state index contributed by atoms with van der Waals surface area (Å²) in [7, 11) is 2.30. The summed E-state index contributed by atoms with van der Waals surface area (Å²) < 4.78 is 0. The molecule has 1 unspecified atom stereocenters. The van der Waals surface area contributed by atoms with E-state index in [1.54, 1.807) is 0 Å². The molecular formula is C16H34N2. The molecule has 1 fully saturated rings. The standard InChI is InChI=1S/C16H34N2/c1-6-9-16(4,12-17-10-14(2)3)13-18(5)11-15-7-8-15/h14-15,17H,6-13H2,1-5H3. The van der Waals surface area contributed by atoms with Gasteiger partial charge in [0.25, 0.3) is 0 Å². The van der Waals surface area contributed by atoms with Crippen molar-refractivity contribution in [2.75, 3.05) is 33.2 Å². The summed E-state index contributed by atoms with van der Waals surface area (Å²) in [6.45, 7) is 14.2. The number of nitrogens with zero attached hydrogens (tertiary/aromatic N) is 1. The second-order valence-electron chi connectivity index (χ2n) is 7.23. The van der Waals surface area contributed by atoms with Gasteiger partial charge < -0.3 is 10.2 Å². The van der Waals surface area contributed by atoms with E-state index in [2.05, 4.69) is 45.0 Å². The summed E-state index contributed by atoms with van der Waals surface area (Å²) in [6, 6.07) is 0. The largest absolute Gasteiger partial charge is 0.316 e. The lowest BCUT2D eigenvalue weighted by Gasteiger charge is -2.34. The molecule has 18 heavy (non-hydrogen) atoms. The van der Waals surface area contributed by atoms with Gasteiger partial charge in [0, 0.05) is 19.6 Å². The molecule has 108 valence electrons. The summed E-state index contributed by atoms with van der Waals surface area (Å²) in [5.41, 5.74) is 0.438. The van der Waals surface area contributed by atoms with E-state index in [0.29, 0.717) is 5.41 Å². The number of nitrogens with one attached hydrogen (secondary N) is 1. The molecule has 0 spiro atoms. The first kappa shape index (κ1) is 16.0. The lowest BCUT2D eigenvalue weighted by atomic mass is 9.84. The van der Waals surface area contributed by atoms with E-state index in [1.807, 2.05) is 0 Å². The molecule has 0 aromatic rings. The Bertz CT molecular complexity index is 223. The van der Waals surface area contributed by atoms with Crippen molar-refractivity contribution >= 4 is 0 Å². The van der Waals surface area contributed by atoms with Crippen LogP contribution in [0.1, 0.15) is 53.4 Å². The van der Waals surface area contributed by atoms with Gasteiger partial charge >= 0.3 is 0 Å². The Kier molecular flexibility index (Phi) is 6.65. The Hall–Kier alpha value is -0.0800. The molecule has 0 aromatic heterocycles. The Balaban J connectivity index is 2.33. The third-order valence-corrected chi connectivity index (χ3v) is 3.88. The van der Waals surface area contributed by atoms with Crippen LogP contribution in [0.5, 0.6) is 0 Å². The van der Waals surface area contributed by atoms with Gasteiger partial charge in [-0.25, -0.2) is 0 Å². The van der Waals surface area contributed by atoms with Crippen LogP contribution in [-0.2, 0) is 0 Å². The summed E-state index contributed by atoms with van der Waals surface area (Å²) in [6.07, 6.45) is 5.53. The maximum Gasteiger partial charge on any atom is 0.00445 e. The monoisotopic (exact) mass is 254 g/mol. The van der Waals surface area contributed by atoms with Crippen molar-refractivity contribution in [3.63, 3.8) is 0 Å². The summed E-state index contributed by atoms with van der Waals surface area (Å²) in [5, 5.41) is 3.66. The molecule has 0 radical (unpaired) electrons. The highest BCUT2D eigenvalue weighted by molar-refractivity contribution is 4.83. The van der Waals surface area contributed by atoms with E-state index in [0.717, 1.165) is 24.9 Å². The molecule has 0 aromatic carbocycles. The summed E-state index contributed by atoms with van der Waals surface area (Å²) in [4.78, 5) is 2.56. The van der Waals surface area contributed by atoms with Gasteiger partial charge in [-0.1, -0.05) is 34.1 Å². The molecule has 1 atom stereocenters. The van der Waals surface area contributed by atoms with E-state index in [9.17, 15) is 0 Å². The zero-order valence-electron chi connectivity index (χ0n) is 13.3. The molecular weight excluding hydrogens is 220 g/mol. The minimum Gasteiger partial charge on any atom is -0.316 e. The molecule has 0 saturated heterocycles. The highest BCUT2D eigenvalue weighted by Crippen LogP contribution is 2.31. The van der Waals surface area contributed by atoms with Gasteiger partial charge in [0.2, 0.25) is 0 Å². The maximum atomic E-state index is 3.66. The molecule has 0 bridgehead atoms. The Labute approximate surface area is 115 Å². The molecule has 1 rings (SSSR count). The van der Waals surface area contributed by atoms with Crippen molar-refractivity contribution in [1.82, 2.24) is 10.2 Å². The quantitative estimate of drug-likeness (QED) is 0.643. The fraction of sp³-hybridized carbons (Fsp3) is 1.00. The zero-order valence-corrected chi connectivity index (χ0v) is 13.3. The number of hydrogen-bond donors (Lipinski definition) is 1. The summed E-state index contributed by atoms with van der Waals surface area (Å²) in [5.74, 6) is 1.75. The second-order valence-corrected chi connectivity index (χ2v) is 7.23. The Morgan fingerprint density at radius 2 is 2.00 bits per heavy atom. The SMILES string of the molecule is CCCC(C)(CNCC(C)C)CN(C)CC1CC1. The van der Waals surface area contributed by atoms with Crippen LogP contribution in [0.4, 0.5) is 0 Å². The number of hydrogen-bond acceptors (Lipinski definition) is 2. The fourth-order valence-electron chi connectivity index (χ4n) is 2.95. The smallest absolute Gasteiger partial charge is 0.00445 e. The molecule has 1 aliphatic carbocycles. The Morgan fingerprint density at radius 1 is 1.33 bits per heavy atom. The number of rotatable bonds is 10. The van der Waals surface area contributed by atoms with Gasteiger partial charge in [-0.3, -0.25) is 0 Å². The third kappa shape index (κ3) is 6.75. The van der Waals surface area contributed by atoms with Crippen LogP contribution in [0.15, 0.2) is 0 Å². The van der Waals surface area contributed by atoms with Crippen molar-refractivity contribution in [2.45, 2.75) is 53.4 Å². The van der Waals surface area contributed by atoms with E-state index in [-0.39, 0.29) is 0 Å². The van der Waals surface area contributed by atoms with Crippen LogP contribution in [0.25, 0.3) is 0 Å². The van der Waals surface area contributed by atoms with Crippen molar-refractivity contribution in [1.29, 1.82) is 0 Å².